The fourth-order valence-corrected chi connectivity index (χ4v) is 5.24. The van der Waals surface area contributed by atoms with E-state index in [1.807, 2.05) is 30.5 Å². The number of amides is 3. The Morgan fingerprint density at radius 1 is 0.864 bits per heavy atom. The fourth-order valence-electron chi connectivity index (χ4n) is 4.77. The summed E-state index contributed by atoms with van der Waals surface area (Å²) in [5.41, 5.74) is 13.8. The number of unbranched alkanes of at least 4 members (excludes halogenated alkanes) is 1. The van der Waals surface area contributed by atoms with Gasteiger partial charge in [0.1, 0.15) is 23.9 Å². The number of benzene rings is 2. The Labute approximate surface area is 260 Å². The molecule has 0 aliphatic heterocycles. The van der Waals surface area contributed by atoms with Crippen LogP contribution in [-0.2, 0) is 32.0 Å². The van der Waals surface area contributed by atoms with Crippen LogP contribution < -0.4 is 27.4 Å². The Kier molecular flexibility index (Phi) is 13.5. The number of para-hydroxylation sites is 1. The van der Waals surface area contributed by atoms with Crippen LogP contribution in [0.25, 0.3) is 10.9 Å². The van der Waals surface area contributed by atoms with Crippen LogP contribution in [-0.4, -0.2) is 81.6 Å². The van der Waals surface area contributed by atoms with Crippen molar-refractivity contribution in [3.05, 3.63) is 65.9 Å². The number of H-pyrrole nitrogens is 1. The summed E-state index contributed by atoms with van der Waals surface area (Å²) in [6.07, 6.45) is 5.67. The first-order valence-electron chi connectivity index (χ1n) is 14.5. The average molecular weight is 627 g/mol. The highest BCUT2D eigenvalue weighted by Crippen LogP contribution is 2.19. The maximum absolute atomic E-state index is 13.6. The van der Waals surface area contributed by atoms with Crippen molar-refractivity contribution in [2.75, 3.05) is 18.6 Å². The van der Waals surface area contributed by atoms with Crippen LogP contribution in [0.15, 0.2) is 54.7 Å². The molecule has 0 radical (unpaired) electrons. The van der Waals surface area contributed by atoms with Gasteiger partial charge in [-0.25, -0.2) is 4.79 Å². The zero-order valence-corrected chi connectivity index (χ0v) is 25.6. The quantitative estimate of drug-likeness (QED) is 0.0957. The van der Waals surface area contributed by atoms with Crippen molar-refractivity contribution in [1.82, 2.24) is 20.9 Å². The lowest BCUT2D eigenvalue weighted by atomic mass is 10.0. The minimum absolute atomic E-state index is 0.0376. The molecule has 3 rings (SSSR count). The van der Waals surface area contributed by atoms with E-state index in [-0.39, 0.29) is 25.0 Å². The van der Waals surface area contributed by atoms with E-state index in [0.29, 0.717) is 37.1 Å². The lowest BCUT2D eigenvalue weighted by Gasteiger charge is -2.25. The third-order valence-electron chi connectivity index (χ3n) is 7.27. The number of carbonyl (C=O) groups is 4. The second kappa shape index (κ2) is 17.3. The summed E-state index contributed by atoms with van der Waals surface area (Å²) in [5, 5.41) is 28.5. The monoisotopic (exact) mass is 626 g/mol. The molecule has 3 aromatic rings. The molecule has 2 aromatic carbocycles. The number of carboxylic acids is 1. The van der Waals surface area contributed by atoms with Crippen molar-refractivity contribution in [3.63, 3.8) is 0 Å². The molecule has 0 aliphatic carbocycles. The molecule has 4 atom stereocenters. The minimum atomic E-state index is -1.24. The number of aliphatic carboxylic acids is 1. The number of aromatic amines is 1. The Morgan fingerprint density at radius 2 is 1.52 bits per heavy atom. The fraction of sp³-hybridized carbons (Fsp3) is 0.419. The van der Waals surface area contributed by atoms with E-state index in [0.717, 1.165) is 16.5 Å². The number of rotatable bonds is 18. The number of aromatic nitrogens is 1. The normalized spacial score (nSPS) is 13.9. The van der Waals surface area contributed by atoms with Crippen molar-refractivity contribution < 1.29 is 29.4 Å². The van der Waals surface area contributed by atoms with Crippen LogP contribution >= 0.6 is 11.8 Å². The van der Waals surface area contributed by atoms with Gasteiger partial charge in [-0.15, -0.1) is 0 Å². The molecule has 12 nitrogen and oxygen atoms in total. The van der Waals surface area contributed by atoms with Gasteiger partial charge in [0.05, 0.1) is 6.04 Å². The lowest BCUT2D eigenvalue weighted by molar-refractivity contribution is -0.142. The van der Waals surface area contributed by atoms with E-state index in [4.69, 9.17) is 11.5 Å². The molecular formula is C31H42N6O6S. The van der Waals surface area contributed by atoms with Gasteiger partial charge in [0, 0.05) is 29.9 Å². The Morgan fingerprint density at radius 3 is 2.20 bits per heavy atom. The molecule has 0 saturated carbocycles. The summed E-state index contributed by atoms with van der Waals surface area (Å²) in [6.45, 7) is 0.476. The van der Waals surface area contributed by atoms with E-state index < -0.39 is 47.9 Å². The first kappa shape index (κ1) is 34.4. The van der Waals surface area contributed by atoms with Gasteiger partial charge >= 0.3 is 5.97 Å². The zero-order valence-electron chi connectivity index (χ0n) is 24.8. The number of nitrogens with two attached hydrogens (primary N) is 2. The maximum atomic E-state index is 13.6. The average Bonchev–Trinajstić information content (AvgIpc) is 3.42. The summed E-state index contributed by atoms with van der Waals surface area (Å²) < 4.78 is 0. The van der Waals surface area contributed by atoms with Gasteiger partial charge in [-0.2, -0.15) is 11.8 Å². The second-order valence-corrected chi connectivity index (χ2v) is 11.6. The molecule has 0 spiro atoms. The van der Waals surface area contributed by atoms with Crippen LogP contribution in [0.2, 0.25) is 0 Å². The number of thioether (sulfide) groups is 1. The van der Waals surface area contributed by atoms with E-state index >= 15 is 0 Å². The number of carbonyl (C=O) groups excluding carboxylic acids is 3. The number of phenols is 1. The number of aromatic hydroxyl groups is 1. The van der Waals surface area contributed by atoms with Gasteiger partial charge < -0.3 is 42.6 Å². The maximum Gasteiger partial charge on any atom is 0.326 e. The largest absolute Gasteiger partial charge is 0.508 e. The molecule has 0 fully saturated rings. The predicted octanol–water partition coefficient (Wildman–Crippen LogP) is 1.41. The Hall–Kier alpha value is -4.07. The molecule has 1 aromatic heterocycles. The third-order valence-corrected chi connectivity index (χ3v) is 7.92. The number of hydrogen-bond donors (Lipinski definition) is 8. The van der Waals surface area contributed by atoms with Crippen LogP contribution in [0.4, 0.5) is 0 Å². The molecular weight excluding hydrogens is 584 g/mol. The van der Waals surface area contributed by atoms with Crippen LogP contribution in [0.1, 0.15) is 36.8 Å². The van der Waals surface area contributed by atoms with Crippen molar-refractivity contribution >= 4 is 46.4 Å². The van der Waals surface area contributed by atoms with Crippen LogP contribution in [0, 0.1) is 0 Å². The summed E-state index contributed by atoms with van der Waals surface area (Å²) in [4.78, 5) is 55.2. The van der Waals surface area contributed by atoms with Crippen molar-refractivity contribution in [2.24, 2.45) is 11.5 Å². The van der Waals surface area contributed by atoms with E-state index in [1.54, 1.807) is 18.3 Å². The van der Waals surface area contributed by atoms with E-state index in [1.165, 1.54) is 23.9 Å². The topological polar surface area (TPSA) is 213 Å². The summed E-state index contributed by atoms with van der Waals surface area (Å²) >= 11 is 1.47. The first-order chi connectivity index (χ1) is 21.1. The molecule has 238 valence electrons. The number of carboxylic acid groups (broad SMARTS) is 1. The second-order valence-electron chi connectivity index (χ2n) is 10.6. The van der Waals surface area contributed by atoms with Crippen LogP contribution in [0.3, 0.4) is 0 Å². The van der Waals surface area contributed by atoms with Gasteiger partial charge in [-0.05, 0) is 67.1 Å². The summed E-state index contributed by atoms with van der Waals surface area (Å²) in [5.74, 6) is -2.43. The Balaban J connectivity index is 1.76. The smallest absolute Gasteiger partial charge is 0.326 e. The number of fused-ring (bicyclic) bond motifs is 1. The van der Waals surface area contributed by atoms with Gasteiger partial charge in [-0.3, -0.25) is 14.4 Å². The summed E-state index contributed by atoms with van der Waals surface area (Å²) in [7, 11) is 0. The molecule has 1 heterocycles. The van der Waals surface area contributed by atoms with Gasteiger partial charge in [-0.1, -0.05) is 36.8 Å². The molecule has 3 amide bonds. The van der Waals surface area contributed by atoms with Gasteiger partial charge in [0.15, 0.2) is 0 Å². The third kappa shape index (κ3) is 10.3. The molecule has 13 heteroatoms. The van der Waals surface area contributed by atoms with Gasteiger partial charge in [0.2, 0.25) is 17.7 Å². The van der Waals surface area contributed by atoms with Crippen LogP contribution in [0.5, 0.6) is 5.75 Å². The molecule has 0 bridgehead atoms. The molecule has 0 aliphatic rings. The van der Waals surface area contributed by atoms with Crippen molar-refractivity contribution in [2.45, 2.75) is 62.7 Å². The highest BCUT2D eigenvalue weighted by Gasteiger charge is 2.31. The molecule has 44 heavy (non-hydrogen) atoms. The Bertz CT molecular complexity index is 1400. The lowest BCUT2D eigenvalue weighted by Crippen LogP contribution is -2.58. The van der Waals surface area contributed by atoms with E-state index in [2.05, 4.69) is 20.9 Å². The van der Waals surface area contributed by atoms with Crippen molar-refractivity contribution in [3.8, 4) is 5.75 Å². The highest BCUT2D eigenvalue weighted by atomic mass is 32.2. The predicted molar refractivity (Wildman–Crippen MR) is 171 cm³/mol. The standard InChI is InChI=1S/C31H42N6O6S/c1-44-15-13-25(29(40)37-27(31(42)43)17-20-18-34-24-8-3-2-6-22(20)24)35-30(41)26(16-19-9-11-21(38)12-10-19)36-28(39)23(33)7-4-5-14-32/h2-3,6,8-12,18,23,25-27,34,38H,4-5,7,13-17,32-33H2,1H3,(H,35,41)(H,36,39)(H,37,40)(H,42,43). The highest BCUT2D eigenvalue weighted by molar-refractivity contribution is 7.98. The molecule has 4 unspecified atom stereocenters. The van der Waals surface area contributed by atoms with E-state index in [9.17, 15) is 29.4 Å². The van der Waals surface area contributed by atoms with Crippen molar-refractivity contribution in [1.29, 1.82) is 0 Å². The summed E-state index contributed by atoms with van der Waals surface area (Å²) in [6, 6.07) is 9.42. The molecule has 0 saturated heterocycles. The first-order valence-corrected chi connectivity index (χ1v) is 15.9. The molecule has 10 N–H and O–H groups in total. The zero-order chi connectivity index (χ0) is 32.1. The SMILES string of the molecule is CSCCC(NC(=O)C(Cc1ccc(O)cc1)NC(=O)C(N)CCCCN)C(=O)NC(Cc1c[nH]c2ccccc12)C(=O)O. The number of phenolic OH excluding ortho intramolecular Hbond substituents is 1. The minimum Gasteiger partial charge on any atom is -0.508 e. The number of nitrogens with one attached hydrogen (secondary N) is 4. The number of hydrogen-bond acceptors (Lipinski definition) is 8. The van der Waals surface area contributed by atoms with Gasteiger partial charge in [0.25, 0.3) is 0 Å².